The van der Waals surface area contributed by atoms with Gasteiger partial charge in [-0.15, -0.1) is 10.2 Å². The van der Waals surface area contributed by atoms with E-state index in [1.54, 1.807) is 0 Å². The molecule has 1 aromatic carbocycles. The number of hydrazone groups is 1. The van der Waals surface area contributed by atoms with Crippen molar-refractivity contribution >= 4 is 11.4 Å². The number of non-ortho nitro benzene ring substituents is 1. The minimum absolute atomic E-state index is 0.00931. The Morgan fingerprint density at radius 3 is 2.89 bits per heavy atom. The van der Waals surface area contributed by atoms with Crippen LogP contribution in [-0.2, 0) is 0 Å². The van der Waals surface area contributed by atoms with Crippen LogP contribution in [0, 0.1) is 10.1 Å². The summed E-state index contributed by atoms with van der Waals surface area (Å²) in [6, 6.07) is 3.44. The molecular formula is C8H7N7O3. The van der Waals surface area contributed by atoms with Gasteiger partial charge in [0.05, 0.1) is 10.5 Å². The highest BCUT2D eigenvalue weighted by Gasteiger charge is 2.19. The van der Waals surface area contributed by atoms with Crippen LogP contribution >= 0.6 is 0 Å². The average Bonchev–Trinajstić information content (AvgIpc) is 2.86. The number of phenols is 1. The van der Waals surface area contributed by atoms with E-state index in [0.717, 1.165) is 12.1 Å². The monoisotopic (exact) mass is 249 g/mol. The molecule has 0 atom stereocenters. The van der Waals surface area contributed by atoms with E-state index in [0.29, 0.717) is 0 Å². The van der Waals surface area contributed by atoms with Crippen molar-refractivity contribution in [2.45, 2.75) is 0 Å². The fraction of sp³-hybridized carbons (Fsp3) is 0. The van der Waals surface area contributed by atoms with Crippen molar-refractivity contribution in [1.29, 1.82) is 0 Å². The van der Waals surface area contributed by atoms with Crippen molar-refractivity contribution < 1.29 is 10.0 Å². The topological polar surface area (TPSA) is 156 Å². The second-order valence-corrected chi connectivity index (χ2v) is 3.17. The van der Waals surface area contributed by atoms with Crippen LogP contribution in [0.25, 0.3) is 0 Å². The highest BCUT2D eigenvalue weighted by Crippen LogP contribution is 2.24. The fourth-order valence-corrected chi connectivity index (χ4v) is 1.34. The maximum Gasteiger partial charge on any atom is 0.270 e. The summed E-state index contributed by atoms with van der Waals surface area (Å²) in [6.07, 6.45) is 0. The van der Waals surface area contributed by atoms with Crippen molar-refractivity contribution in [3.05, 3.63) is 39.7 Å². The molecule has 10 heteroatoms. The van der Waals surface area contributed by atoms with E-state index in [9.17, 15) is 15.2 Å². The molecular weight excluding hydrogens is 242 g/mol. The number of H-pyrrole nitrogens is 1. The molecule has 10 nitrogen and oxygen atoms in total. The highest BCUT2D eigenvalue weighted by molar-refractivity contribution is 6.12. The van der Waals surface area contributed by atoms with E-state index in [1.807, 2.05) is 0 Å². The number of aromatic hydroxyl groups is 1. The smallest absolute Gasteiger partial charge is 0.270 e. The summed E-state index contributed by atoms with van der Waals surface area (Å²) >= 11 is 0. The molecule has 0 saturated heterocycles. The van der Waals surface area contributed by atoms with Gasteiger partial charge >= 0.3 is 0 Å². The predicted molar refractivity (Wildman–Crippen MR) is 58.8 cm³/mol. The van der Waals surface area contributed by atoms with Crippen LogP contribution in [-0.4, -0.2) is 36.4 Å². The van der Waals surface area contributed by atoms with E-state index >= 15 is 0 Å². The number of nitrogens with one attached hydrogen (secondary N) is 1. The third kappa shape index (κ3) is 1.93. The molecule has 2 rings (SSSR count). The lowest BCUT2D eigenvalue weighted by atomic mass is 10.1. The highest BCUT2D eigenvalue weighted by atomic mass is 16.6. The number of benzene rings is 1. The Morgan fingerprint density at radius 2 is 2.33 bits per heavy atom. The first-order valence-corrected chi connectivity index (χ1v) is 4.63. The number of nitrogens with two attached hydrogens (primary N) is 1. The van der Waals surface area contributed by atoms with Gasteiger partial charge < -0.3 is 10.9 Å². The van der Waals surface area contributed by atoms with E-state index < -0.39 is 4.92 Å². The summed E-state index contributed by atoms with van der Waals surface area (Å²) in [7, 11) is 0. The van der Waals surface area contributed by atoms with Gasteiger partial charge in [-0.05, 0) is 11.3 Å². The van der Waals surface area contributed by atoms with Crippen LogP contribution in [0.2, 0.25) is 0 Å². The van der Waals surface area contributed by atoms with Gasteiger partial charge in [0.1, 0.15) is 11.5 Å². The van der Waals surface area contributed by atoms with Gasteiger partial charge in [0, 0.05) is 12.1 Å². The number of aromatic amines is 1. The Kier molecular flexibility index (Phi) is 2.83. The second-order valence-electron chi connectivity index (χ2n) is 3.17. The quantitative estimate of drug-likeness (QED) is 0.287. The molecule has 0 amide bonds. The molecule has 4 N–H and O–H groups in total. The first-order chi connectivity index (χ1) is 8.63. The summed E-state index contributed by atoms with van der Waals surface area (Å²) in [5.74, 6) is 4.97. The molecule has 0 spiro atoms. The van der Waals surface area contributed by atoms with Gasteiger partial charge in [0.25, 0.3) is 5.69 Å². The van der Waals surface area contributed by atoms with Crippen molar-refractivity contribution in [2.24, 2.45) is 10.9 Å². The first-order valence-electron chi connectivity index (χ1n) is 4.63. The van der Waals surface area contributed by atoms with Crippen LogP contribution in [0.1, 0.15) is 11.4 Å². The van der Waals surface area contributed by atoms with Crippen LogP contribution in [0.4, 0.5) is 5.69 Å². The Hall–Kier alpha value is -3.04. The summed E-state index contributed by atoms with van der Waals surface area (Å²) in [5, 5.41) is 36.5. The standard InChI is InChI=1S/C8H7N7O3/c9-10-7(8-11-13-14-12-8)5-3-4(15(17)18)1-2-6(5)16/h1-3,16H,9H2,(H,11,12,13,14)/b10-7+. The molecule has 0 fully saturated rings. The summed E-state index contributed by atoms with van der Waals surface area (Å²) in [5.41, 5.74) is -0.175. The third-order valence-corrected chi connectivity index (χ3v) is 2.13. The molecule has 1 aromatic heterocycles. The van der Waals surface area contributed by atoms with E-state index in [-0.39, 0.29) is 28.5 Å². The number of hydrogen-bond acceptors (Lipinski definition) is 8. The lowest BCUT2D eigenvalue weighted by Crippen LogP contribution is -2.09. The minimum atomic E-state index is -0.604. The Balaban J connectivity index is 2.56. The van der Waals surface area contributed by atoms with Gasteiger partial charge in [0.15, 0.2) is 0 Å². The summed E-state index contributed by atoms with van der Waals surface area (Å²) < 4.78 is 0. The summed E-state index contributed by atoms with van der Waals surface area (Å²) in [4.78, 5) is 10.1. The zero-order chi connectivity index (χ0) is 13.1. The van der Waals surface area contributed by atoms with Crippen molar-refractivity contribution in [2.75, 3.05) is 0 Å². The third-order valence-electron chi connectivity index (χ3n) is 2.13. The van der Waals surface area contributed by atoms with Gasteiger partial charge in [-0.25, -0.2) is 0 Å². The number of nitro groups is 1. The molecule has 1 heterocycles. The number of aromatic nitrogens is 4. The zero-order valence-electron chi connectivity index (χ0n) is 8.81. The molecule has 0 aliphatic carbocycles. The van der Waals surface area contributed by atoms with Crippen molar-refractivity contribution in [3.63, 3.8) is 0 Å². The molecule has 0 unspecified atom stereocenters. The maximum absolute atomic E-state index is 10.7. The number of nitrogens with zero attached hydrogens (tertiary/aromatic N) is 5. The average molecular weight is 249 g/mol. The molecule has 0 aliphatic heterocycles. The number of rotatable bonds is 3. The first kappa shape index (κ1) is 11.4. The van der Waals surface area contributed by atoms with Gasteiger partial charge in [0.2, 0.25) is 5.82 Å². The predicted octanol–water partition coefficient (Wildman–Crippen LogP) is -0.475. The number of nitro benzene ring substituents is 1. The Bertz CT molecular complexity index is 607. The fourth-order valence-electron chi connectivity index (χ4n) is 1.34. The molecule has 0 aliphatic rings. The minimum Gasteiger partial charge on any atom is -0.507 e. The largest absolute Gasteiger partial charge is 0.507 e. The Labute approximate surface area is 99.3 Å². The molecule has 0 bridgehead atoms. The van der Waals surface area contributed by atoms with E-state index in [2.05, 4.69) is 25.7 Å². The molecule has 2 aromatic rings. The molecule has 18 heavy (non-hydrogen) atoms. The van der Waals surface area contributed by atoms with Crippen LogP contribution in [0.3, 0.4) is 0 Å². The SMILES string of the molecule is N/N=C(/c1nn[nH]n1)c1cc([N+](=O)[O-])ccc1O. The Morgan fingerprint density at radius 1 is 1.56 bits per heavy atom. The summed E-state index contributed by atoms with van der Waals surface area (Å²) in [6.45, 7) is 0. The maximum atomic E-state index is 10.7. The van der Waals surface area contributed by atoms with Crippen LogP contribution in [0.15, 0.2) is 23.3 Å². The second kappa shape index (κ2) is 4.45. The van der Waals surface area contributed by atoms with Gasteiger partial charge in [-0.3, -0.25) is 10.1 Å². The zero-order valence-corrected chi connectivity index (χ0v) is 8.81. The van der Waals surface area contributed by atoms with Crippen LogP contribution < -0.4 is 5.84 Å². The molecule has 0 radical (unpaired) electrons. The number of phenolic OH excluding ortho intramolecular Hbond substituents is 1. The molecule has 92 valence electrons. The lowest BCUT2D eigenvalue weighted by molar-refractivity contribution is -0.384. The van der Waals surface area contributed by atoms with Crippen molar-refractivity contribution in [1.82, 2.24) is 20.6 Å². The van der Waals surface area contributed by atoms with E-state index in [4.69, 9.17) is 5.84 Å². The van der Waals surface area contributed by atoms with Crippen molar-refractivity contribution in [3.8, 4) is 5.75 Å². The van der Waals surface area contributed by atoms with Crippen LogP contribution in [0.5, 0.6) is 5.75 Å². The molecule has 0 saturated carbocycles. The number of tetrazole rings is 1. The van der Waals surface area contributed by atoms with E-state index in [1.165, 1.54) is 6.07 Å². The normalized spacial score (nSPS) is 11.4. The van der Waals surface area contributed by atoms with Gasteiger partial charge in [-0.2, -0.15) is 10.3 Å². The van der Waals surface area contributed by atoms with Gasteiger partial charge in [-0.1, -0.05) is 0 Å². The lowest BCUT2D eigenvalue weighted by Gasteiger charge is -2.03. The number of hydrogen-bond donors (Lipinski definition) is 3.